The zero-order chi connectivity index (χ0) is 26.3. The molecule has 0 radical (unpaired) electrons. The van der Waals surface area contributed by atoms with E-state index in [-0.39, 0.29) is 18.5 Å². The maximum atomic E-state index is 13.2. The fourth-order valence-electron chi connectivity index (χ4n) is 4.25. The molecule has 0 saturated carbocycles. The summed E-state index contributed by atoms with van der Waals surface area (Å²) in [7, 11) is 1.62. The summed E-state index contributed by atoms with van der Waals surface area (Å²) >= 11 is 0. The highest BCUT2D eigenvalue weighted by Gasteiger charge is 2.31. The van der Waals surface area contributed by atoms with Crippen LogP contribution in [0.5, 0.6) is 0 Å². The minimum atomic E-state index is -0.861. The van der Waals surface area contributed by atoms with Gasteiger partial charge in [0, 0.05) is 13.6 Å². The van der Waals surface area contributed by atoms with Crippen LogP contribution in [0.4, 0.5) is 9.18 Å². The molecule has 0 aromatic heterocycles. The highest BCUT2D eigenvalue weighted by Crippen LogP contribution is 2.27. The molecule has 35 heavy (non-hydrogen) atoms. The Labute approximate surface area is 211 Å². The van der Waals surface area contributed by atoms with Gasteiger partial charge in [-0.3, -0.25) is 0 Å². The predicted molar refractivity (Wildman–Crippen MR) is 138 cm³/mol. The van der Waals surface area contributed by atoms with Gasteiger partial charge < -0.3 is 20.1 Å². The number of hydrogen-bond donors (Lipinski definition) is 2. The third-order valence-electron chi connectivity index (χ3n) is 6.22. The number of carbonyl (C=O) groups excluding carboxylic acids is 2. The van der Waals surface area contributed by atoms with Crippen LogP contribution in [-0.2, 0) is 16.1 Å². The van der Waals surface area contributed by atoms with Crippen molar-refractivity contribution < 1.29 is 23.8 Å². The Morgan fingerprint density at radius 2 is 1.63 bits per heavy atom. The van der Waals surface area contributed by atoms with Crippen LogP contribution < -0.4 is 5.32 Å². The van der Waals surface area contributed by atoms with E-state index in [9.17, 15) is 19.1 Å². The highest BCUT2D eigenvalue weighted by atomic mass is 19.1. The Balaban J connectivity index is 2.76. The van der Waals surface area contributed by atoms with E-state index in [1.807, 2.05) is 6.92 Å². The van der Waals surface area contributed by atoms with Crippen LogP contribution >= 0.6 is 0 Å². The van der Waals surface area contributed by atoms with E-state index in [1.54, 1.807) is 33.0 Å². The fourth-order valence-corrected chi connectivity index (χ4v) is 4.25. The second-order valence-electron chi connectivity index (χ2n) is 10.0. The molecule has 6 nitrogen and oxygen atoms in total. The van der Waals surface area contributed by atoms with Gasteiger partial charge in [-0.25, -0.2) is 14.0 Å². The molecular formula is C28H47FN2O4. The molecule has 7 heteroatoms. The van der Waals surface area contributed by atoms with Crippen molar-refractivity contribution >= 4 is 12.0 Å². The number of nitrogens with zero attached hydrogens (tertiary/aromatic N) is 1. The van der Waals surface area contributed by atoms with Crippen molar-refractivity contribution in [1.29, 1.82) is 0 Å². The lowest BCUT2D eigenvalue weighted by Gasteiger charge is -2.30. The van der Waals surface area contributed by atoms with Crippen molar-refractivity contribution in [3.8, 4) is 0 Å². The predicted octanol–water partition coefficient (Wildman–Crippen LogP) is 6.35. The van der Waals surface area contributed by atoms with E-state index in [2.05, 4.69) is 12.2 Å². The summed E-state index contributed by atoms with van der Waals surface area (Å²) in [6.07, 6.45) is 9.50. The molecular weight excluding hydrogens is 447 g/mol. The first kappa shape index (κ1) is 30.9. The highest BCUT2D eigenvalue weighted by molar-refractivity contribution is 5.83. The van der Waals surface area contributed by atoms with E-state index in [4.69, 9.17) is 4.74 Å². The summed E-state index contributed by atoms with van der Waals surface area (Å²) in [5, 5.41) is 14.1. The van der Waals surface area contributed by atoms with Gasteiger partial charge in [0.25, 0.3) is 0 Å². The van der Waals surface area contributed by atoms with Gasteiger partial charge in [-0.15, -0.1) is 0 Å². The van der Waals surface area contributed by atoms with Gasteiger partial charge in [0.05, 0.1) is 11.7 Å². The molecule has 1 aromatic carbocycles. The molecule has 2 N–H and O–H groups in total. The van der Waals surface area contributed by atoms with Crippen LogP contribution in [0.15, 0.2) is 24.3 Å². The molecule has 0 saturated heterocycles. The maximum Gasteiger partial charge on any atom is 0.328 e. The van der Waals surface area contributed by atoms with Gasteiger partial charge in [0.2, 0.25) is 0 Å². The average Bonchev–Trinajstić information content (AvgIpc) is 2.80. The Kier molecular flexibility index (Phi) is 14.6. The largest absolute Gasteiger partial charge is 0.461 e. The van der Waals surface area contributed by atoms with Crippen LogP contribution in [0.1, 0.15) is 104 Å². The summed E-state index contributed by atoms with van der Waals surface area (Å²) in [4.78, 5) is 27.0. The number of hydrogen-bond acceptors (Lipinski definition) is 4. The number of esters is 1. The average molecular weight is 495 g/mol. The van der Waals surface area contributed by atoms with Crippen molar-refractivity contribution in [2.75, 3.05) is 7.05 Å². The Morgan fingerprint density at radius 3 is 2.23 bits per heavy atom. The smallest absolute Gasteiger partial charge is 0.328 e. The SMILES string of the molecule is CCCCCCCCC(O)(CCC)CCC(NC(=O)N(C)Cc1ccc(F)cc1)C(=O)OC(C)C. The molecule has 200 valence electrons. The normalized spacial score (nSPS) is 13.8. The molecule has 0 spiro atoms. The molecule has 0 aliphatic carbocycles. The van der Waals surface area contributed by atoms with Crippen LogP contribution in [0.2, 0.25) is 0 Å². The van der Waals surface area contributed by atoms with E-state index in [0.29, 0.717) is 25.7 Å². The zero-order valence-electron chi connectivity index (χ0n) is 22.4. The number of halogens is 1. The lowest BCUT2D eigenvalue weighted by molar-refractivity contribution is -0.150. The first-order valence-electron chi connectivity index (χ1n) is 13.3. The first-order valence-corrected chi connectivity index (χ1v) is 13.3. The monoisotopic (exact) mass is 494 g/mol. The Morgan fingerprint density at radius 1 is 1.00 bits per heavy atom. The molecule has 0 bridgehead atoms. The second kappa shape index (κ2) is 16.5. The number of nitrogens with one attached hydrogen (secondary N) is 1. The van der Waals surface area contributed by atoms with Crippen molar-refractivity contribution in [3.63, 3.8) is 0 Å². The van der Waals surface area contributed by atoms with E-state index in [0.717, 1.165) is 24.8 Å². The summed E-state index contributed by atoms with van der Waals surface area (Å²) in [6.45, 7) is 8.05. The molecule has 0 fully saturated rings. The Bertz CT molecular complexity index is 741. The number of rotatable bonds is 17. The molecule has 2 amide bonds. The number of benzene rings is 1. The first-order chi connectivity index (χ1) is 16.6. The summed E-state index contributed by atoms with van der Waals surface area (Å²) < 4.78 is 18.6. The van der Waals surface area contributed by atoms with Crippen LogP contribution in [0, 0.1) is 5.82 Å². The van der Waals surface area contributed by atoms with Gasteiger partial charge in [-0.1, -0.05) is 70.9 Å². The molecule has 2 unspecified atom stereocenters. The lowest BCUT2D eigenvalue weighted by Crippen LogP contribution is -2.48. The zero-order valence-corrected chi connectivity index (χ0v) is 22.4. The molecule has 0 heterocycles. The van der Waals surface area contributed by atoms with Crippen LogP contribution in [0.3, 0.4) is 0 Å². The van der Waals surface area contributed by atoms with Crippen LogP contribution in [0.25, 0.3) is 0 Å². The molecule has 0 aliphatic rings. The standard InChI is InChI=1S/C28H47FN2O4/c1-6-8-9-10-11-12-19-28(34,18-7-2)20-17-25(26(32)35-22(3)4)30-27(33)31(5)21-23-13-15-24(29)16-14-23/h13-16,22,25,34H,6-12,17-21H2,1-5H3,(H,30,33). The molecule has 1 aromatic rings. The topological polar surface area (TPSA) is 78.9 Å². The number of amides is 2. The van der Waals surface area contributed by atoms with Crippen molar-refractivity contribution in [3.05, 3.63) is 35.6 Å². The van der Waals surface area contributed by atoms with Gasteiger partial charge in [-0.2, -0.15) is 0 Å². The molecule has 0 aliphatic heterocycles. The summed E-state index contributed by atoms with van der Waals surface area (Å²) in [5.74, 6) is -0.833. The quantitative estimate of drug-likeness (QED) is 0.195. The van der Waals surface area contributed by atoms with Gasteiger partial charge >= 0.3 is 12.0 Å². The number of aliphatic hydroxyl groups is 1. The third kappa shape index (κ3) is 12.9. The lowest BCUT2D eigenvalue weighted by atomic mass is 9.85. The Hall–Kier alpha value is -2.15. The number of ether oxygens (including phenoxy) is 1. The van der Waals surface area contributed by atoms with Crippen LogP contribution in [-0.4, -0.2) is 46.8 Å². The third-order valence-corrected chi connectivity index (χ3v) is 6.22. The fraction of sp³-hybridized carbons (Fsp3) is 0.714. The van der Waals surface area contributed by atoms with E-state index in [1.165, 1.54) is 42.7 Å². The maximum absolute atomic E-state index is 13.2. The summed E-state index contributed by atoms with van der Waals surface area (Å²) in [5.41, 5.74) is -0.0812. The van der Waals surface area contributed by atoms with Crippen molar-refractivity contribution in [2.45, 2.75) is 123 Å². The van der Waals surface area contributed by atoms with Crippen molar-refractivity contribution in [1.82, 2.24) is 10.2 Å². The number of carbonyl (C=O) groups is 2. The summed E-state index contributed by atoms with van der Waals surface area (Å²) in [6, 6.07) is 4.67. The molecule has 1 rings (SSSR count). The second-order valence-corrected chi connectivity index (χ2v) is 10.0. The van der Waals surface area contributed by atoms with Gasteiger partial charge in [-0.05, 0) is 57.2 Å². The number of urea groups is 1. The van der Waals surface area contributed by atoms with E-state index < -0.39 is 23.6 Å². The van der Waals surface area contributed by atoms with Gasteiger partial charge in [0.15, 0.2) is 0 Å². The van der Waals surface area contributed by atoms with Crippen molar-refractivity contribution in [2.24, 2.45) is 0 Å². The van der Waals surface area contributed by atoms with Gasteiger partial charge in [0.1, 0.15) is 11.9 Å². The minimum Gasteiger partial charge on any atom is -0.461 e. The number of unbranched alkanes of at least 4 members (excludes halogenated alkanes) is 5. The minimum absolute atomic E-state index is 0.274. The van der Waals surface area contributed by atoms with E-state index >= 15 is 0 Å². The molecule has 2 atom stereocenters.